The number of carbonyl (C=O) groups excluding carboxylic acids is 4. The van der Waals surface area contributed by atoms with Crippen molar-refractivity contribution in [2.24, 2.45) is 5.73 Å². The summed E-state index contributed by atoms with van der Waals surface area (Å²) in [6.07, 6.45) is -0.827. The predicted octanol–water partition coefficient (Wildman–Crippen LogP) is 1.81. The zero-order valence-electron chi connectivity index (χ0n) is 25.0. The minimum atomic E-state index is -5.88. The molecule has 0 saturated carbocycles. The van der Waals surface area contributed by atoms with Crippen molar-refractivity contribution < 1.29 is 65.4 Å². The number of benzene rings is 3. The van der Waals surface area contributed by atoms with Crippen molar-refractivity contribution in [1.29, 1.82) is 0 Å². The molecule has 49 heavy (non-hydrogen) atoms. The van der Waals surface area contributed by atoms with Crippen LogP contribution in [0.25, 0.3) is 0 Å². The van der Waals surface area contributed by atoms with E-state index >= 15 is 0 Å². The topological polar surface area (TPSA) is 245 Å². The third-order valence-electron chi connectivity index (χ3n) is 6.97. The second-order valence-corrected chi connectivity index (χ2v) is 13.9. The highest BCUT2D eigenvalue weighted by Gasteiger charge is 2.51. The van der Waals surface area contributed by atoms with Crippen LogP contribution in [0.1, 0.15) is 32.6 Å². The highest BCUT2D eigenvalue weighted by molar-refractivity contribution is 7.52. The minimum Gasteiger partial charge on any atom is -0.368 e. The SMILES string of the molecule is NC(=O)[C@H](Cc1ccc(C(F)(F)P(=O)(O)O)cc1)NC(=O)[C@H](Cc1ccc(C(F)(F)P(=O)(O)O)cc1)NC(=O)CNC(=O)c1ccccc1. The van der Waals surface area contributed by atoms with Gasteiger partial charge in [0.1, 0.15) is 12.1 Å². The van der Waals surface area contributed by atoms with E-state index in [9.17, 15) is 45.9 Å². The molecule has 3 rings (SSSR count). The molecule has 3 aromatic rings. The van der Waals surface area contributed by atoms with Crippen LogP contribution in [0.15, 0.2) is 78.9 Å². The van der Waals surface area contributed by atoms with Gasteiger partial charge in [-0.2, -0.15) is 17.6 Å². The first-order chi connectivity index (χ1) is 22.6. The van der Waals surface area contributed by atoms with Crippen molar-refractivity contribution in [3.63, 3.8) is 0 Å². The number of primary amides is 1. The molecule has 264 valence electrons. The summed E-state index contributed by atoms with van der Waals surface area (Å²) in [5, 5.41) is 6.98. The molecule has 14 nitrogen and oxygen atoms in total. The molecular formula is C29H30F4N4O10P2. The lowest BCUT2D eigenvalue weighted by Gasteiger charge is -2.23. The van der Waals surface area contributed by atoms with Gasteiger partial charge in [-0.3, -0.25) is 28.3 Å². The normalized spacial score (nSPS) is 13.6. The van der Waals surface area contributed by atoms with Gasteiger partial charge < -0.3 is 41.3 Å². The predicted molar refractivity (Wildman–Crippen MR) is 164 cm³/mol. The maximum absolute atomic E-state index is 14.1. The van der Waals surface area contributed by atoms with E-state index in [0.29, 0.717) is 24.3 Å². The number of alkyl halides is 4. The summed E-state index contributed by atoms with van der Waals surface area (Å²) < 4.78 is 78.7. The average Bonchev–Trinajstić information content (AvgIpc) is 3.02. The molecule has 0 radical (unpaired) electrons. The Morgan fingerprint density at radius 2 is 1.10 bits per heavy atom. The van der Waals surface area contributed by atoms with Crippen LogP contribution in [-0.4, -0.2) is 61.8 Å². The number of carbonyl (C=O) groups is 4. The number of nitrogens with two attached hydrogens (primary N) is 1. The summed E-state index contributed by atoms with van der Waals surface area (Å²) in [7, 11) is -11.7. The summed E-state index contributed by atoms with van der Waals surface area (Å²) in [6, 6.07) is 11.6. The van der Waals surface area contributed by atoms with Gasteiger partial charge in [0.05, 0.1) is 6.54 Å². The van der Waals surface area contributed by atoms with Crippen molar-refractivity contribution >= 4 is 38.8 Å². The molecule has 2 atom stereocenters. The Morgan fingerprint density at radius 1 is 0.673 bits per heavy atom. The van der Waals surface area contributed by atoms with Crippen LogP contribution >= 0.6 is 15.2 Å². The van der Waals surface area contributed by atoms with E-state index in [1.165, 1.54) is 12.1 Å². The number of rotatable bonds is 15. The zero-order valence-corrected chi connectivity index (χ0v) is 26.8. The van der Waals surface area contributed by atoms with E-state index in [0.717, 1.165) is 24.3 Å². The number of hydrogen-bond donors (Lipinski definition) is 8. The van der Waals surface area contributed by atoms with Crippen molar-refractivity contribution in [3.8, 4) is 0 Å². The Balaban J connectivity index is 1.81. The van der Waals surface area contributed by atoms with Crippen LogP contribution in [0.3, 0.4) is 0 Å². The molecule has 20 heteroatoms. The van der Waals surface area contributed by atoms with Gasteiger partial charge in [-0.1, -0.05) is 66.7 Å². The fourth-order valence-electron chi connectivity index (χ4n) is 4.29. The van der Waals surface area contributed by atoms with Crippen LogP contribution in [-0.2, 0) is 47.7 Å². The smallest absolute Gasteiger partial charge is 0.368 e. The van der Waals surface area contributed by atoms with Crippen LogP contribution in [0, 0.1) is 0 Å². The third kappa shape index (κ3) is 10.0. The monoisotopic (exact) mass is 732 g/mol. The molecule has 0 saturated heterocycles. The third-order valence-corrected chi connectivity index (χ3v) is 8.95. The molecule has 4 amide bonds. The van der Waals surface area contributed by atoms with Gasteiger partial charge in [0.2, 0.25) is 17.7 Å². The quantitative estimate of drug-likeness (QED) is 0.0832. The Bertz CT molecular complexity index is 1770. The van der Waals surface area contributed by atoms with Crippen LogP contribution in [0.5, 0.6) is 0 Å². The Labute approximate surface area is 275 Å². The second-order valence-electron chi connectivity index (χ2n) is 10.6. The van der Waals surface area contributed by atoms with Crippen LogP contribution in [0.2, 0.25) is 0 Å². The first-order valence-electron chi connectivity index (χ1n) is 13.9. The van der Waals surface area contributed by atoms with Gasteiger partial charge in [-0.15, -0.1) is 0 Å². The highest BCUT2D eigenvalue weighted by Crippen LogP contribution is 2.60. The average molecular weight is 733 g/mol. The number of halogens is 4. The first-order valence-corrected chi connectivity index (χ1v) is 17.1. The summed E-state index contributed by atoms with van der Waals surface area (Å²) in [6.45, 7) is -0.629. The van der Waals surface area contributed by atoms with Crippen LogP contribution < -0.4 is 21.7 Å². The molecule has 0 unspecified atom stereocenters. The summed E-state index contributed by atoms with van der Waals surface area (Å²) >= 11 is 0. The summed E-state index contributed by atoms with van der Waals surface area (Å²) in [4.78, 5) is 86.6. The van der Waals surface area contributed by atoms with E-state index in [1.807, 2.05) is 0 Å². The Morgan fingerprint density at radius 3 is 1.51 bits per heavy atom. The van der Waals surface area contributed by atoms with E-state index in [-0.39, 0.29) is 16.7 Å². The van der Waals surface area contributed by atoms with Crippen LogP contribution in [0.4, 0.5) is 17.6 Å². The van der Waals surface area contributed by atoms with E-state index in [4.69, 9.17) is 25.3 Å². The molecule has 0 heterocycles. The van der Waals surface area contributed by atoms with Gasteiger partial charge in [0.25, 0.3) is 5.91 Å². The lowest BCUT2D eigenvalue weighted by Crippen LogP contribution is -2.55. The number of nitrogens with one attached hydrogen (secondary N) is 3. The molecule has 0 aliphatic rings. The summed E-state index contributed by atoms with van der Waals surface area (Å²) in [5.41, 5.74) is -5.19. The molecule has 0 aromatic heterocycles. The Kier molecular flexibility index (Phi) is 12.3. The van der Waals surface area contributed by atoms with Crippen molar-refractivity contribution in [1.82, 2.24) is 16.0 Å². The molecule has 0 fully saturated rings. The van der Waals surface area contributed by atoms with Gasteiger partial charge >= 0.3 is 26.5 Å². The molecule has 0 aliphatic carbocycles. The molecular weight excluding hydrogens is 702 g/mol. The highest BCUT2D eigenvalue weighted by atomic mass is 31.2. The fourth-order valence-corrected chi connectivity index (χ4v) is 5.26. The molecule has 9 N–H and O–H groups in total. The van der Waals surface area contributed by atoms with Crippen molar-refractivity contribution in [3.05, 3.63) is 107 Å². The standard InChI is InChI=1S/C29H30F4N4O10P2/c30-28(31,48(42,43)44)20-10-6-17(7-11-20)14-22(25(34)39)37-27(41)23(36-24(38)16-35-26(40)19-4-2-1-3-5-19)15-18-8-12-21(13-9-18)29(32,33)49(45,46)47/h1-13,22-23H,14-16H2,(H2,34,39)(H,35,40)(H,36,38)(H,37,41)(H2,42,43,44)(H2,45,46,47)/t22-,23-/m0/s1. The maximum Gasteiger partial charge on any atom is 0.399 e. The number of amides is 4. The van der Waals surface area contributed by atoms with Gasteiger partial charge in [0, 0.05) is 29.5 Å². The Hall–Kier alpha value is -4.44. The summed E-state index contributed by atoms with van der Waals surface area (Å²) in [5.74, 6) is -3.68. The lowest BCUT2D eigenvalue weighted by molar-refractivity contribution is -0.131. The van der Waals surface area contributed by atoms with Gasteiger partial charge in [-0.05, 0) is 23.3 Å². The second kappa shape index (κ2) is 15.4. The number of hydrogen-bond acceptors (Lipinski definition) is 6. The maximum atomic E-state index is 14.1. The largest absolute Gasteiger partial charge is 0.399 e. The van der Waals surface area contributed by atoms with E-state index < -0.39 is 92.7 Å². The molecule has 0 bridgehead atoms. The first kappa shape index (κ1) is 39.0. The molecule has 3 aromatic carbocycles. The molecule has 0 aliphatic heterocycles. The van der Waals surface area contributed by atoms with Gasteiger partial charge in [-0.25, -0.2) is 0 Å². The minimum absolute atomic E-state index is 0.108. The molecule has 0 spiro atoms. The fraction of sp³-hybridized carbons (Fsp3) is 0.241. The van der Waals surface area contributed by atoms with Crippen molar-refractivity contribution in [2.45, 2.75) is 36.3 Å². The lowest BCUT2D eigenvalue weighted by atomic mass is 10.0. The zero-order chi connectivity index (χ0) is 36.8. The van der Waals surface area contributed by atoms with Gasteiger partial charge in [0.15, 0.2) is 0 Å². The van der Waals surface area contributed by atoms with E-state index in [1.54, 1.807) is 18.2 Å². The van der Waals surface area contributed by atoms with E-state index in [2.05, 4.69) is 16.0 Å². The van der Waals surface area contributed by atoms with Crippen molar-refractivity contribution in [2.75, 3.05) is 6.54 Å².